The molecule has 7 nitrogen and oxygen atoms in total. The summed E-state index contributed by atoms with van der Waals surface area (Å²) in [6.07, 6.45) is 0.874. The first kappa shape index (κ1) is 26.2. The van der Waals surface area contributed by atoms with E-state index >= 15 is 0 Å². The Balaban J connectivity index is 1.59. The number of aryl methyl sites for hydroxylation is 1. The molecule has 1 aliphatic rings. The third kappa shape index (κ3) is 5.03. The molecule has 8 heteroatoms. The number of aliphatic hydroxyl groups is 1. The molecule has 1 unspecified atom stereocenters. The molecule has 0 saturated heterocycles. The van der Waals surface area contributed by atoms with Gasteiger partial charge in [0.15, 0.2) is 5.76 Å². The molecule has 198 valence electrons. The van der Waals surface area contributed by atoms with Crippen LogP contribution in [0.4, 0.5) is 5.69 Å². The zero-order valence-electron chi connectivity index (χ0n) is 21.9. The maximum Gasteiger partial charge on any atom is 0.294 e. The van der Waals surface area contributed by atoms with Crippen molar-refractivity contribution in [3.8, 4) is 22.1 Å². The van der Waals surface area contributed by atoms with E-state index in [9.17, 15) is 14.7 Å². The topological polar surface area (TPSA) is 89.0 Å². The largest absolute Gasteiger partial charge is 0.503 e. The van der Waals surface area contributed by atoms with Gasteiger partial charge in [0.1, 0.15) is 16.5 Å². The van der Waals surface area contributed by atoms with Gasteiger partial charge in [-0.25, -0.2) is 4.98 Å². The minimum Gasteiger partial charge on any atom is -0.503 e. The SMILES string of the molecule is CCCOc1ccc(C2C(C(=O)c3sc(-c4ccccc4)nc3C)=C(O)C(=O)N2c2ccc(OC)cc2)cc1. The van der Waals surface area contributed by atoms with E-state index < -0.39 is 23.5 Å². The van der Waals surface area contributed by atoms with Gasteiger partial charge in [-0.1, -0.05) is 49.4 Å². The lowest BCUT2D eigenvalue weighted by Crippen LogP contribution is -2.31. The van der Waals surface area contributed by atoms with Crippen LogP contribution in [-0.4, -0.2) is 35.5 Å². The molecule has 1 aromatic heterocycles. The first-order chi connectivity index (χ1) is 18.9. The monoisotopic (exact) mass is 540 g/mol. The zero-order chi connectivity index (χ0) is 27.5. The number of rotatable bonds is 9. The fourth-order valence-electron chi connectivity index (χ4n) is 4.56. The molecule has 0 spiro atoms. The summed E-state index contributed by atoms with van der Waals surface area (Å²) in [4.78, 5) is 34.0. The molecule has 1 atom stereocenters. The van der Waals surface area contributed by atoms with Crippen molar-refractivity contribution < 1.29 is 24.2 Å². The Bertz CT molecular complexity index is 1530. The van der Waals surface area contributed by atoms with E-state index in [1.165, 1.54) is 16.2 Å². The molecule has 2 heterocycles. The Hall–Kier alpha value is -4.43. The number of thiazole rings is 1. The number of anilines is 1. The minimum absolute atomic E-state index is 0.0180. The van der Waals surface area contributed by atoms with Crippen molar-refractivity contribution in [3.63, 3.8) is 0 Å². The molecule has 1 amide bonds. The highest BCUT2D eigenvalue weighted by Gasteiger charge is 2.45. The Labute approximate surface area is 231 Å². The fourth-order valence-corrected chi connectivity index (χ4v) is 5.59. The molecular weight excluding hydrogens is 512 g/mol. The Morgan fingerprint density at radius 3 is 2.31 bits per heavy atom. The Morgan fingerprint density at radius 2 is 1.67 bits per heavy atom. The predicted octanol–water partition coefficient (Wildman–Crippen LogP) is 6.70. The van der Waals surface area contributed by atoms with Crippen LogP contribution in [-0.2, 0) is 4.79 Å². The van der Waals surface area contributed by atoms with Crippen LogP contribution in [0.15, 0.2) is 90.2 Å². The van der Waals surface area contributed by atoms with Crippen LogP contribution < -0.4 is 14.4 Å². The number of ketones is 1. The van der Waals surface area contributed by atoms with Gasteiger partial charge < -0.3 is 14.6 Å². The van der Waals surface area contributed by atoms with Crippen molar-refractivity contribution in [2.24, 2.45) is 0 Å². The van der Waals surface area contributed by atoms with Gasteiger partial charge >= 0.3 is 0 Å². The number of benzene rings is 3. The summed E-state index contributed by atoms with van der Waals surface area (Å²) in [5, 5.41) is 11.8. The average Bonchev–Trinajstić information content (AvgIpc) is 3.49. The first-order valence-corrected chi connectivity index (χ1v) is 13.5. The van der Waals surface area contributed by atoms with Crippen molar-refractivity contribution in [1.82, 2.24) is 4.98 Å². The third-order valence-corrected chi connectivity index (χ3v) is 7.70. The van der Waals surface area contributed by atoms with Crippen molar-refractivity contribution in [1.29, 1.82) is 0 Å². The van der Waals surface area contributed by atoms with Gasteiger partial charge in [-0.15, -0.1) is 11.3 Å². The molecule has 0 saturated carbocycles. The minimum atomic E-state index is -0.847. The number of carbonyl (C=O) groups excluding carboxylic acids is 2. The van der Waals surface area contributed by atoms with E-state index in [1.54, 1.807) is 38.3 Å². The quantitative estimate of drug-likeness (QED) is 0.238. The number of ether oxygens (including phenoxy) is 2. The normalized spacial score (nSPS) is 15.1. The van der Waals surface area contributed by atoms with Crippen LogP contribution >= 0.6 is 11.3 Å². The molecule has 1 aliphatic heterocycles. The van der Waals surface area contributed by atoms with Crippen LogP contribution in [0.5, 0.6) is 11.5 Å². The van der Waals surface area contributed by atoms with Gasteiger partial charge in [0, 0.05) is 11.3 Å². The fraction of sp³-hybridized carbons (Fsp3) is 0.194. The second kappa shape index (κ2) is 11.1. The molecule has 3 aromatic carbocycles. The number of aromatic nitrogens is 1. The predicted molar refractivity (Wildman–Crippen MR) is 152 cm³/mol. The van der Waals surface area contributed by atoms with E-state index in [0.29, 0.717) is 44.9 Å². The third-order valence-electron chi connectivity index (χ3n) is 6.50. The summed E-state index contributed by atoms with van der Waals surface area (Å²) in [6.45, 7) is 4.38. The number of hydrogen-bond donors (Lipinski definition) is 1. The van der Waals surface area contributed by atoms with Crippen molar-refractivity contribution in [2.45, 2.75) is 26.3 Å². The molecule has 0 aliphatic carbocycles. The summed E-state index contributed by atoms with van der Waals surface area (Å²) in [5.41, 5.74) is 2.65. The summed E-state index contributed by atoms with van der Waals surface area (Å²) in [5.74, 6) is -0.328. The molecule has 1 N–H and O–H groups in total. The van der Waals surface area contributed by atoms with E-state index in [4.69, 9.17) is 9.47 Å². The molecule has 0 bridgehead atoms. The standard InChI is InChI=1S/C31H28N2O5S/c1-4-18-38-24-14-10-20(11-15-24)26-25(28(35)31(36)33(26)22-12-16-23(37-3)17-13-22)27(34)29-19(2)32-30(39-29)21-8-6-5-7-9-21/h5-17,26,35H,4,18H2,1-3H3. The molecule has 4 aromatic rings. The van der Waals surface area contributed by atoms with Crippen molar-refractivity contribution in [2.75, 3.05) is 18.6 Å². The number of hydrogen-bond acceptors (Lipinski definition) is 7. The number of nitrogens with zero attached hydrogens (tertiary/aromatic N) is 2. The number of Topliss-reactive ketones (excluding diaryl/α,β-unsaturated/α-hetero) is 1. The van der Waals surface area contributed by atoms with Crippen molar-refractivity contribution in [3.05, 3.63) is 106 Å². The van der Waals surface area contributed by atoms with E-state index in [-0.39, 0.29) is 5.57 Å². The average molecular weight is 541 g/mol. The number of carbonyl (C=O) groups is 2. The summed E-state index contributed by atoms with van der Waals surface area (Å²) in [7, 11) is 1.56. The molecule has 0 radical (unpaired) electrons. The highest BCUT2D eigenvalue weighted by molar-refractivity contribution is 7.17. The van der Waals surface area contributed by atoms with Gasteiger partial charge in [0.25, 0.3) is 5.91 Å². The molecule has 5 rings (SSSR count). The maximum absolute atomic E-state index is 14.1. The number of methoxy groups -OCH3 is 1. The Kier molecular flexibility index (Phi) is 7.47. The van der Waals surface area contributed by atoms with Crippen molar-refractivity contribution >= 4 is 28.7 Å². The van der Waals surface area contributed by atoms with Crippen LogP contribution in [0.25, 0.3) is 10.6 Å². The van der Waals surface area contributed by atoms with Gasteiger partial charge in [0.2, 0.25) is 5.78 Å². The second-order valence-electron chi connectivity index (χ2n) is 9.08. The van der Waals surface area contributed by atoms with Gasteiger partial charge in [-0.3, -0.25) is 14.5 Å². The smallest absolute Gasteiger partial charge is 0.294 e. The van der Waals surface area contributed by atoms with Gasteiger partial charge in [0.05, 0.1) is 35.9 Å². The van der Waals surface area contributed by atoms with Crippen LogP contribution in [0.2, 0.25) is 0 Å². The number of aliphatic hydroxyl groups excluding tert-OH is 1. The lowest BCUT2D eigenvalue weighted by atomic mass is 9.94. The second-order valence-corrected chi connectivity index (χ2v) is 10.1. The van der Waals surface area contributed by atoms with Crippen LogP contribution in [0.1, 0.15) is 40.3 Å². The molecular formula is C31H28N2O5S. The molecule has 0 fully saturated rings. The van der Waals surface area contributed by atoms with E-state index in [0.717, 1.165) is 12.0 Å². The zero-order valence-corrected chi connectivity index (χ0v) is 22.7. The summed E-state index contributed by atoms with van der Waals surface area (Å²) < 4.78 is 11.0. The van der Waals surface area contributed by atoms with E-state index in [2.05, 4.69) is 4.98 Å². The Morgan fingerprint density at radius 1 is 1.00 bits per heavy atom. The van der Waals surface area contributed by atoms with Gasteiger partial charge in [-0.2, -0.15) is 0 Å². The highest BCUT2D eigenvalue weighted by Crippen LogP contribution is 2.44. The maximum atomic E-state index is 14.1. The van der Waals surface area contributed by atoms with Gasteiger partial charge in [-0.05, 0) is 55.3 Å². The summed E-state index contributed by atoms with van der Waals surface area (Å²) >= 11 is 1.25. The highest BCUT2D eigenvalue weighted by atomic mass is 32.1. The van der Waals surface area contributed by atoms with Crippen LogP contribution in [0.3, 0.4) is 0 Å². The van der Waals surface area contributed by atoms with E-state index in [1.807, 2.05) is 61.5 Å². The summed E-state index contributed by atoms with van der Waals surface area (Å²) in [6, 6.07) is 22.9. The number of amides is 1. The lowest BCUT2D eigenvalue weighted by molar-refractivity contribution is -0.117. The molecule has 39 heavy (non-hydrogen) atoms. The lowest BCUT2D eigenvalue weighted by Gasteiger charge is -2.27. The first-order valence-electron chi connectivity index (χ1n) is 12.6. The van der Waals surface area contributed by atoms with Crippen LogP contribution in [0, 0.1) is 6.92 Å².